The number of aliphatic hydroxyl groups is 1. The van der Waals surface area contributed by atoms with E-state index in [2.05, 4.69) is 31.2 Å². The summed E-state index contributed by atoms with van der Waals surface area (Å²) < 4.78 is 16.6. The normalized spacial score (nSPS) is 13.6. The minimum absolute atomic E-state index is 0.0894. The van der Waals surface area contributed by atoms with Crippen LogP contribution in [0.25, 0.3) is 22.0 Å². The van der Waals surface area contributed by atoms with Crippen molar-refractivity contribution in [2.75, 3.05) is 57.1 Å². The maximum Gasteiger partial charge on any atom is 0.411 e. The third-order valence-corrected chi connectivity index (χ3v) is 10.7. The predicted octanol–water partition coefficient (Wildman–Crippen LogP) is 6.93. The second kappa shape index (κ2) is 21.9. The van der Waals surface area contributed by atoms with Crippen molar-refractivity contribution in [3.05, 3.63) is 117 Å². The Kier molecular flexibility index (Phi) is 16.0. The summed E-state index contributed by atoms with van der Waals surface area (Å²) in [4.78, 5) is 54.2. The molecule has 3 amide bonds. The number of para-hydroxylation sites is 1. The third kappa shape index (κ3) is 12.7. The van der Waals surface area contributed by atoms with E-state index >= 15 is 0 Å². The molecule has 2 heterocycles. The molecule has 1 atom stereocenters. The van der Waals surface area contributed by atoms with Crippen LogP contribution in [-0.4, -0.2) is 90.7 Å². The van der Waals surface area contributed by atoms with Gasteiger partial charge in [0.25, 0.3) is 0 Å². The van der Waals surface area contributed by atoms with Crippen molar-refractivity contribution in [3.8, 4) is 22.6 Å². The molecule has 7 N–H and O–H groups in total. The van der Waals surface area contributed by atoms with Gasteiger partial charge in [-0.3, -0.25) is 19.8 Å². The smallest absolute Gasteiger partial charge is 0.411 e. The number of piperidine rings is 1. The summed E-state index contributed by atoms with van der Waals surface area (Å²) in [5.41, 5.74) is 4.13. The van der Waals surface area contributed by atoms with Gasteiger partial charge < -0.3 is 45.4 Å². The van der Waals surface area contributed by atoms with Crippen molar-refractivity contribution < 1.29 is 38.8 Å². The number of H-pyrrole nitrogens is 1. The van der Waals surface area contributed by atoms with Gasteiger partial charge in [0, 0.05) is 74.3 Å². The van der Waals surface area contributed by atoms with Gasteiger partial charge in [-0.05, 0) is 61.1 Å². The lowest BCUT2D eigenvalue weighted by Gasteiger charge is -2.31. The largest absolute Gasteiger partial charge is 0.506 e. The van der Waals surface area contributed by atoms with Gasteiger partial charge in [0.1, 0.15) is 24.2 Å². The molecule has 1 aromatic heterocycles. The second-order valence-electron chi connectivity index (χ2n) is 14.6. The van der Waals surface area contributed by atoms with Crippen LogP contribution in [0.5, 0.6) is 11.5 Å². The number of phenolic OH excluding ortho intramolecular Hbond substituents is 1. The van der Waals surface area contributed by atoms with E-state index < -0.39 is 18.3 Å². The molecule has 0 spiro atoms. The SMILES string of the molecule is COc1cc(NC(=O)CCCCNC(=O)OCCN2CCC(OC(=O)Nc3ccccc3-c3ccccc3)CC2)c(Cl)cc1CNCC(O)c1ccc(O)c2[nH]c(=O)ccc12. The first-order valence-corrected chi connectivity index (χ1v) is 20.6. The Balaban J connectivity index is 0.826. The molecule has 1 aliphatic rings. The number of anilines is 2. The number of pyridine rings is 1. The number of methoxy groups -OCH3 is 1. The quantitative estimate of drug-likeness (QED) is 0.0450. The van der Waals surface area contributed by atoms with E-state index in [1.807, 2.05) is 54.6 Å². The van der Waals surface area contributed by atoms with Crippen LogP contribution >= 0.6 is 11.6 Å². The van der Waals surface area contributed by atoms with Crippen LogP contribution in [0.15, 0.2) is 95.8 Å². The fourth-order valence-corrected chi connectivity index (χ4v) is 7.39. The van der Waals surface area contributed by atoms with E-state index in [9.17, 15) is 29.4 Å². The standard InChI is InChI=1S/C45H51ClN6O9/c1-59-40-26-37(35(46)25-30(40)27-47-28-39(54)33-14-16-38(53)43-34(33)15-17-42(56)51-43)49-41(55)13-7-8-20-48-44(57)60-24-23-52-21-18-31(19-22-52)61-45(58)50-36-12-6-5-11-32(36)29-9-3-2-4-10-29/h2-6,9-12,14-17,25-26,31,39,47,53-54H,7-8,13,18-24,27-28H2,1H3,(H,48,57)(H,49,55)(H,50,58)(H,51,56). The van der Waals surface area contributed by atoms with Crippen molar-refractivity contribution in [2.24, 2.45) is 0 Å². The molecule has 5 aromatic rings. The molecule has 1 saturated heterocycles. The highest BCUT2D eigenvalue weighted by Gasteiger charge is 2.23. The number of rotatable bonds is 18. The Hall–Kier alpha value is -6.13. The molecule has 1 aliphatic heterocycles. The maximum absolute atomic E-state index is 12.7. The second-order valence-corrected chi connectivity index (χ2v) is 15.0. The molecule has 1 fully saturated rings. The summed E-state index contributed by atoms with van der Waals surface area (Å²) in [5, 5.41) is 33.5. The van der Waals surface area contributed by atoms with Crippen LogP contribution in [0.2, 0.25) is 5.02 Å². The third-order valence-electron chi connectivity index (χ3n) is 10.4. The minimum atomic E-state index is -0.949. The average Bonchev–Trinajstić information content (AvgIpc) is 3.25. The number of nitrogens with one attached hydrogen (secondary N) is 5. The molecule has 0 bridgehead atoms. The predicted molar refractivity (Wildman–Crippen MR) is 234 cm³/mol. The van der Waals surface area contributed by atoms with Gasteiger partial charge in [0.2, 0.25) is 11.5 Å². The zero-order valence-electron chi connectivity index (χ0n) is 33.9. The summed E-state index contributed by atoms with van der Waals surface area (Å²) in [6, 6.07) is 26.7. The number of halogens is 1. The molecular formula is C45H51ClN6O9. The summed E-state index contributed by atoms with van der Waals surface area (Å²) in [5.74, 6) is 0.150. The number of carbonyl (C=O) groups excluding carboxylic acids is 3. The van der Waals surface area contributed by atoms with E-state index in [1.54, 1.807) is 24.3 Å². The number of amides is 3. The molecule has 61 heavy (non-hydrogen) atoms. The van der Waals surface area contributed by atoms with Crippen molar-refractivity contribution in [1.82, 2.24) is 20.5 Å². The summed E-state index contributed by atoms with van der Waals surface area (Å²) in [6.45, 7) is 3.00. The lowest BCUT2D eigenvalue weighted by Crippen LogP contribution is -2.40. The molecule has 16 heteroatoms. The number of aromatic nitrogens is 1. The Bertz CT molecular complexity index is 2340. The molecule has 322 valence electrons. The van der Waals surface area contributed by atoms with E-state index in [-0.39, 0.29) is 48.4 Å². The number of unbranched alkanes of at least 4 members (excludes halogenated alkanes) is 1. The van der Waals surface area contributed by atoms with Crippen molar-refractivity contribution >= 4 is 52.0 Å². The summed E-state index contributed by atoms with van der Waals surface area (Å²) in [7, 11) is 1.51. The van der Waals surface area contributed by atoms with Crippen LogP contribution in [-0.2, 0) is 20.8 Å². The first-order valence-electron chi connectivity index (χ1n) is 20.2. The van der Waals surface area contributed by atoms with E-state index in [4.69, 9.17) is 25.8 Å². The zero-order valence-corrected chi connectivity index (χ0v) is 34.6. The topological polar surface area (TPSA) is 204 Å². The first-order chi connectivity index (χ1) is 29.6. The minimum Gasteiger partial charge on any atom is -0.506 e. The van der Waals surface area contributed by atoms with Gasteiger partial charge in [-0.25, -0.2) is 9.59 Å². The van der Waals surface area contributed by atoms with Crippen LogP contribution in [0.4, 0.5) is 21.0 Å². The van der Waals surface area contributed by atoms with Crippen LogP contribution in [0, 0.1) is 0 Å². The summed E-state index contributed by atoms with van der Waals surface area (Å²) >= 11 is 6.53. The molecule has 4 aromatic carbocycles. The highest BCUT2D eigenvalue weighted by atomic mass is 35.5. The number of nitrogens with zero attached hydrogens (tertiary/aromatic N) is 1. The number of alkyl carbamates (subject to hydrolysis) is 1. The van der Waals surface area contributed by atoms with E-state index in [1.165, 1.54) is 19.2 Å². The van der Waals surface area contributed by atoms with Gasteiger partial charge in [-0.15, -0.1) is 0 Å². The molecular weight excluding hydrogens is 804 g/mol. The Labute approximate surface area is 358 Å². The Morgan fingerprint density at radius 3 is 2.48 bits per heavy atom. The molecule has 0 saturated carbocycles. The number of likely N-dealkylation sites (tertiary alicyclic amines) is 1. The van der Waals surface area contributed by atoms with Gasteiger partial charge in [-0.2, -0.15) is 0 Å². The Morgan fingerprint density at radius 1 is 0.918 bits per heavy atom. The number of aromatic amines is 1. The average molecular weight is 855 g/mol. The van der Waals surface area contributed by atoms with Crippen molar-refractivity contribution in [1.29, 1.82) is 0 Å². The van der Waals surface area contributed by atoms with E-state index in [0.717, 1.165) is 11.1 Å². The molecule has 15 nitrogen and oxygen atoms in total. The number of fused-ring (bicyclic) bond motifs is 1. The van der Waals surface area contributed by atoms with Gasteiger partial charge >= 0.3 is 12.2 Å². The van der Waals surface area contributed by atoms with Crippen LogP contribution in [0.1, 0.15) is 49.3 Å². The lowest BCUT2D eigenvalue weighted by atomic mass is 10.0. The van der Waals surface area contributed by atoms with Crippen molar-refractivity contribution in [2.45, 2.75) is 50.9 Å². The highest BCUT2D eigenvalue weighted by Crippen LogP contribution is 2.33. The number of hydrogen-bond donors (Lipinski definition) is 7. The number of aromatic hydroxyl groups is 1. The number of ether oxygens (including phenoxy) is 3. The fraction of sp³-hybridized carbons (Fsp3) is 0.333. The van der Waals surface area contributed by atoms with Gasteiger partial charge in [0.15, 0.2) is 0 Å². The van der Waals surface area contributed by atoms with Crippen LogP contribution in [0.3, 0.4) is 0 Å². The fourth-order valence-electron chi connectivity index (χ4n) is 7.16. The number of carbonyl (C=O) groups is 3. The number of aliphatic hydroxyl groups excluding tert-OH is 1. The molecule has 1 unspecified atom stereocenters. The van der Waals surface area contributed by atoms with Gasteiger partial charge in [-0.1, -0.05) is 66.2 Å². The molecule has 0 radical (unpaired) electrons. The van der Waals surface area contributed by atoms with E-state index in [0.29, 0.717) is 97.1 Å². The first kappa shape index (κ1) is 44.4. The Morgan fingerprint density at radius 2 is 1.69 bits per heavy atom. The molecule has 0 aliphatic carbocycles. The van der Waals surface area contributed by atoms with Gasteiger partial charge in [0.05, 0.1) is 35.1 Å². The lowest BCUT2D eigenvalue weighted by molar-refractivity contribution is -0.116. The van der Waals surface area contributed by atoms with Crippen LogP contribution < -0.4 is 31.6 Å². The number of benzene rings is 4. The maximum atomic E-state index is 12.7. The summed E-state index contributed by atoms with van der Waals surface area (Å²) in [6.07, 6.45) is 0.484. The monoisotopic (exact) mass is 854 g/mol. The highest BCUT2D eigenvalue weighted by molar-refractivity contribution is 6.33. The number of hydrogen-bond acceptors (Lipinski definition) is 11. The number of phenols is 1. The molecule has 6 rings (SSSR count). The zero-order chi connectivity index (χ0) is 43.1. The van der Waals surface area contributed by atoms with Crippen molar-refractivity contribution in [3.63, 3.8) is 0 Å².